The zero-order chi connectivity index (χ0) is 16.9. The number of hydrogen-bond donors (Lipinski definition) is 2. The number of urea groups is 1. The molecule has 0 bridgehead atoms. The molecule has 0 fully saturated rings. The molecular formula is C14H14BrF3N4O. The second kappa shape index (κ2) is 7.49. The van der Waals surface area contributed by atoms with Crippen molar-refractivity contribution >= 4 is 27.6 Å². The van der Waals surface area contributed by atoms with Crippen molar-refractivity contribution in [3.05, 3.63) is 46.7 Å². The van der Waals surface area contributed by atoms with Crippen LogP contribution < -0.4 is 10.6 Å². The van der Waals surface area contributed by atoms with Crippen molar-refractivity contribution in [1.82, 2.24) is 15.1 Å². The highest BCUT2D eigenvalue weighted by atomic mass is 79.9. The maximum Gasteiger partial charge on any atom is 0.416 e. The first kappa shape index (κ1) is 17.3. The summed E-state index contributed by atoms with van der Waals surface area (Å²) < 4.78 is 40.3. The van der Waals surface area contributed by atoms with E-state index in [9.17, 15) is 18.0 Å². The molecule has 0 aliphatic heterocycles. The lowest BCUT2D eigenvalue weighted by molar-refractivity contribution is -0.137. The number of anilines is 1. The van der Waals surface area contributed by atoms with Gasteiger partial charge in [-0.25, -0.2) is 4.79 Å². The Morgan fingerprint density at radius 1 is 1.35 bits per heavy atom. The molecule has 0 atom stereocenters. The fourth-order valence-corrected chi connectivity index (χ4v) is 2.18. The number of amides is 2. The summed E-state index contributed by atoms with van der Waals surface area (Å²) in [6, 6.07) is 3.93. The van der Waals surface area contributed by atoms with Gasteiger partial charge in [0.2, 0.25) is 0 Å². The molecule has 2 rings (SSSR count). The summed E-state index contributed by atoms with van der Waals surface area (Å²) in [5, 5.41) is 9.03. The van der Waals surface area contributed by atoms with Gasteiger partial charge in [-0.1, -0.05) is 6.07 Å². The number of alkyl halides is 3. The molecule has 0 saturated heterocycles. The summed E-state index contributed by atoms with van der Waals surface area (Å²) in [7, 11) is 0. The van der Waals surface area contributed by atoms with E-state index in [1.54, 1.807) is 10.9 Å². The average molecular weight is 391 g/mol. The van der Waals surface area contributed by atoms with Gasteiger partial charge in [-0.15, -0.1) is 0 Å². The van der Waals surface area contributed by atoms with Gasteiger partial charge in [0.15, 0.2) is 0 Å². The molecule has 1 aromatic carbocycles. The molecule has 1 aromatic heterocycles. The van der Waals surface area contributed by atoms with Gasteiger partial charge in [-0.2, -0.15) is 18.3 Å². The molecule has 2 aromatic rings. The monoisotopic (exact) mass is 390 g/mol. The third-order valence-electron chi connectivity index (χ3n) is 2.90. The molecule has 0 aliphatic carbocycles. The van der Waals surface area contributed by atoms with Crippen molar-refractivity contribution in [1.29, 1.82) is 0 Å². The molecule has 2 amide bonds. The number of carbonyl (C=O) groups excluding carboxylic acids is 1. The van der Waals surface area contributed by atoms with Crippen LogP contribution in [0, 0.1) is 0 Å². The predicted octanol–water partition coefficient (Wildman–Crippen LogP) is 3.88. The Morgan fingerprint density at radius 2 is 2.13 bits per heavy atom. The van der Waals surface area contributed by atoms with Gasteiger partial charge in [0.25, 0.3) is 0 Å². The van der Waals surface area contributed by atoms with E-state index in [0.717, 1.165) is 16.6 Å². The van der Waals surface area contributed by atoms with Crippen molar-refractivity contribution in [2.75, 3.05) is 11.9 Å². The Kier molecular flexibility index (Phi) is 5.64. The molecule has 124 valence electrons. The highest BCUT2D eigenvalue weighted by Gasteiger charge is 2.30. The summed E-state index contributed by atoms with van der Waals surface area (Å²) in [6.45, 7) is 0.998. The number of aryl methyl sites for hydroxylation is 1. The second-order valence-corrected chi connectivity index (χ2v) is 5.65. The molecule has 23 heavy (non-hydrogen) atoms. The van der Waals surface area contributed by atoms with Gasteiger partial charge in [-0.3, -0.25) is 4.68 Å². The van der Waals surface area contributed by atoms with Gasteiger partial charge >= 0.3 is 12.2 Å². The molecule has 0 aliphatic rings. The zero-order valence-electron chi connectivity index (χ0n) is 11.9. The topological polar surface area (TPSA) is 59.0 Å². The maximum absolute atomic E-state index is 12.6. The first-order chi connectivity index (χ1) is 10.8. The van der Waals surface area contributed by atoms with Crippen molar-refractivity contribution in [3.63, 3.8) is 0 Å². The summed E-state index contributed by atoms with van der Waals surface area (Å²) in [4.78, 5) is 11.7. The summed E-state index contributed by atoms with van der Waals surface area (Å²) >= 11 is 3.28. The summed E-state index contributed by atoms with van der Waals surface area (Å²) in [5.74, 6) is 0. The van der Waals surface area contributed by atoms with E-state index in [1.807, 2.05) is 6.20 Å². The summed E-state index contributed by atoms with van der Waals surface area (Å²) in [6.07, 6.45) is -0.327. The van der Waals surface area contributed by atoms with E-state index in [0.29, 0.717) is 19.5 Å². The van der Waals surface area contributed by atoms with E-state index in [2.05, 4.69) is 31.7 Å². The van der Waals surface area contributed by atoms with Crippen molar-refractivity contribution in [2.45, 2.75) is 19.1 Å². The minimum atomic E-state index is -4.44. The Labute approximate surface area is 139 Å². The third kappa shape index (κ3) is 5.59. The number of hydrogen-bond acceptors (Lipinski definition) is 2. The first-order valence-corrected chi connectivity index (χ1v) is 7.54. The Morgan fingerprint density at radius 3 is 2.78 bits per heavy atom. The lowest BCUT2D eigenvalue weighted by Gasteiger charge is -2.10. The maximum atomic E-state index is 12.6. The molecule has 5 nitrogen and oxygen atoms in total. The number of rotatable bonds is 5. The number of aromatic nitrogens is 2. The fraction of sp³-hybridized carbons (Fsp3) is 0.286. The van der Waals surface area contributed by atoms with Crippen LogP contribution in [-0.2, 0) is 12.7 Å². The molecule has 0 saturated carbocycles. The first-order valence-electron chi connectivity index (χ1n) is 6.74. The van der Waals surface area contributed by atoms with Gasteiger partial charge in [0.1, 0.15) is 0 Å². The van der Waals surface area contributed by atoms with E-state index in [4.69, 9.17) is 0 Å². The molecule has 9 heteroatoms. The van der Waals surface area contributed by atoms with Crippen LogP contribution in [0.15, 0.2) is 41.1 Å². The Bertz CT molecular complexity index is 672. The Hall–Kier alpha value is -2.03. The van der Waals surface area contributed by atoms with Crippen molar-refractivity contribution < 1.29 is 18.0 Å². The highest BCUT2D eigenvalue weighted by Crippen LogP contribution is 2.30. The standard InChI is InChI=1S/C14H14BrF3N4O/c15-11-8-20-22(9-11)6-2-5-19-13(23)21-12-4-1-3-10(7-12)14(16,17)18/h1,3-4,7-9H,2,5-6H2,(H2,19,21,23). The van der Waals surface area contributed by atoms with E-state index >= 15 is 0 Å². The van der Waals surface area contributed by atoms with Crippen molar-refractivity contribution in [3.8, 4) is 0 Å². The molecule has 0 radical (unpaired) electrons. The number of nitrogens with one attached hydrogen (secondary N) is 2. The largest absolute Gasteiger partial charge is 0.416 e. The van der Waals surface area contributed by atoms with Gasteiger partial charge in [-0.05, 0) is 40.5 Å². The smallest absolute Gasteiger partial charge is 0.338 e. The van der Waals surface area contributed by atoms with Crippen molar-refractivity contribution in [2.24, 2.45) is 0 Å². The zero-order valence-corrected chi connectivity index (χ0v) is 13.5. The van der Waals surface area contributed by atoms with E-state index in [1.165, 1.54) is 12.1 Å². The average Bonchev–Trinajstić information content (AvgIpc) is 2.89. The van der Waals surface area contributed by atoms with Crippen LogP contribution in [-0.4, -0.2) is 22.4 Å². The molecular weight excluding hydrogens is 377 g/mol. The number of carbonyl (C=O) groups is 1. The van der Waals surface area contributed by atoms with Gasteiger partial charge in [0, 0.05) is 25.0 Å². The predicted molar refractivity (Wildman–Crippen MR) is 83.0 cm³/mol. The molecule has 1 heterocycles. The van der Waals surface area contributed by atoms with E-state index in [-0.39, 0.29) is 5.69 Å². The lowest BCUT2D eigenvalue weighted by Crippen LogP contribution is -2.30. The van der Waals surface area contributed by atoms with Crippen LogP contribution in [0.25, 0.3) is 0 Å². The number of halogens is 4. The second-order valence-electron chi connectivity index (χ2n) is 4.73. The SMILES string of the molecule is O=C(NCCCn1cc(Br)cn1)Nc1cccc(C(F)(F)F)c1. The number of nitrogens with zero attached hydrogens (tertiary/aromatic N) is 2. The molecule has 0 spiro atoms. The molecule has 0 unspecified atom stereocenters. The van der Waals surface area contributed by atoms with Crippen LogP contribution >= 0.6 is 15.9 Å². The fourth-order valence-electron chi connectivity index (χ4n) is 1.85. The van der Waals surface area contributed by atoms with Crippen LogP contribution in [0.4, 0.5) is 23.7 Å². The van der Waals surface area contributed by atoms with Gasteiger partial charge < -0.3 is 10.6 Å². The lowest BCUT2D eigenvalue weighted by atomic mass is 10.2. The van der Waals surface area contributed by atoms with Gasteiger partial charge in [0.05, 0.1) is 16.2 Å². The highest BCUT2D eigenvalue weighted by molar-refractivity contribution is 9.10. The Balaban J connectivity index is 1.76. The van der Waals surface area contributed by atoms with Crippen LogP contribution in [0.5, 0.6) is 0 Å². The third-order valence-corrected chi connectivity index (χ3v) is 3.31. The van der Waals surface area contributed by atoms with Crippen LogP contribution in [0.2, 0.25) is 0 Å². The van der Waals surface area contributed by atoms with Crippen LogP contribution in [0.1, 0.15) is 12.0 Å². The quantitative estimate of drug-likeness (QED) is 0.761. The normalized spacial score (nSPS) is 11.3. The number of benzene rings is 1. The minimum absolute atomic E-state index is 0.0910. The minimum Gasteiger partial charge on any atom is -0.338 e. The summed E-state index contributed by atoms with van der Waals surface area (Å²) in [5.41, 5.74) is -0.715. The van der Waals surface area contributed by atoms with Crippen LogP contribution in [0.3, 0.4) is 0 Å². The van der Waals surface area contributed by atoms with E-state index < -0.39 is 17.8 Å². The molecule has 2 N–H and O–H groups in total.